The molecule has 1 aromatic heterocycles. The molecule has 3 N–H and O–H groups in total. The molecule has 0 saturated carbocycles. The molecule has 52 heavy (non-hydrogen) atoms. The molecule has 8 nitrogen and oxygen atoms in total. The third-order valence-electron chi connectivity index (χ3n) is 8.65. The van der Waals surface area contributed by atoms with E-state index in [9.17, 15) is 19.2 Å². The molecule has 1 aliphatic carbocycles. The summed E-state index contributed by atoms with van der Waals surface area (Å²) in [6, 6.07) is 33.9. The first-order chi connectivity index (χ1) is 25.3. The van der Waals surface area contributed by atoms with Crippen molar-refractivity contribution >= 4 is 63.6 Å². The number of fused-ring (bicyclic) bond motifs is 1. The zero-order valence-corrected chi connectivity index (χ0v) is 30.6. The summed E-state index contributed by atoms with van der Waals surface area (Å²) < 4.78 is 5.41. The number of carbonyl (C=O) groups is 4. The number of amides is 3. The Morgan fingerprint density at radius 2 is 1.62 bits per heavy atom. The van der Waals surface area contributed by atoms with Crippen molar-refractivity contribution in [1.29, 1.82) is 0 Å². The van der Waals surface area contributed by atoms with E-state index in [1.165, 1.54) is 28.7 Å². The fraction of sp³-hybridized carbons (Fsp3) is 0.190. The van der Waals surface area contributed by atoms with Gasteiger partial charge in [0.2, 0.25) is 5.91 Å². The quantitative estimate of drug-likeness (QED) is 0.0673. The van der Waals surface area contributed by atoms with Crippen molar-refractivity contribution in [2.24, 2.45) is 0 Å². The predicted octanol–water partition coefficient (Wildman–Crippen LogP) is 8.65. The second-order valence-electron chi connectivity index (χ2n) is 12.4. The highest BCUT2D eigenvalue weighted by molar-refractivity contribution is 8.00. The molecule has 5 aromatic rings. The molecule has 1 unspecified atom stereocenters. The van der Waals surface area contributed by atoms with Gasteiger partial charge in [-0.3, -0.25) is 14.4 Å². The van der Waals surface area contributed by atoms with Crippen molar-refractivity contribution in [3.05, 3.63) is 153 Å². The lowest BCUT2D eigenvalue weighted by Crippen LogP contribution is -2.30. The summed E-state index contributed by atoms with van der Waals surface area (Å²) in [5.74, 6) is -1.13. The van der Waals surface area contributed by atoms with Gasteiger partial charge in [0, 0.05) is 21.0 Å². The van der Waals surface area contributed by atoms with Gasteiger partial charge in [0.15, 0.2) is 0 Å². The Hall–Kier alpha value is -5.45. The van der Waals surface area contributed by atoms with Gasteiger partial charge < -0.3 is 20.7 Å². The molecule has 3 amide bonds. The molecular formula is C42H39N3O5S2. The highest BCUT2D eigenvalue weighted by Crippen LogP contribution is 2.43. The Bertz CT molecular complexity index is 2090. The van der Waals surface area contributed by atoms with Crippen molar-refractivity contribution in [3.8, 4) is 0 Å². The van der Waals surface area contributed by atoms with Crippen LogP contribution in [0.2, 0.25) is 0 Å². The molecule has 0 aliphatic heterocycles. The molecule has 1 aliphatic rings. The van der Waals surface area contributed by atoms with E-state index in [0.717, 1.165) is 45.7 Å². The summed E-state index contributed by atoms with van der Waals surface area (Å²) in [4.78, 5) is 54.8. The van der Waals surface area contributed by atoms with E-state index in [-0.39, 0.29) is 24.0 Å². The number of anilines is 2. The largest absolute Gasteiger partial charge is 0.462 e. The van der Waals surface area contributed by atoms with Crippen molar-refractivity contribution in [2.75, 3.05) is 23.0 Å². The third kappa shape index (κ3) is 9.25. The van der Waals surface area contributed by atoms with Crippen LogP contribution in [-0.2, 0) is 27.2 Å². The van der Waals surface area contributed by atoms with Crippen molar-refractivity contribution in [1.82, 2.24) is 5.32 Å². The van der Waals surface area contributed by atoms with Crippen molar-refractivity contribution < 1.29 is 23.9 Å². The third-order valence-corrected chi connectivity index (χ3v) is 10.8. The minimum atomic E-state index is -0.493. The van der Waals surface area contributed by atoms with Crippen LogP contribution in [0.15, 0.2) is 120 Å². The maximum atomic E-state index is 13.5. The minimum absolute atomic E-state index is 0.0839. The van der Waals surface area contributed by atoms with E-state index < -0.39 is 17.8 Å². The zero-order valence-electron chi connectivity index (χ0n) is 28.9. The van der Waals surface area contributed by atoms with Gasteiger partial charge >= 0.3 is 5.97 Å². The lowest BCUT2D eigenvalue weighted by atomic mass is 9.83. The smallest absolute Gasteiger partial charge is 0.341 e. The van der Waals surface area contributed by atoms with Crippen LogP contribution in [0, 0.1) is 6.92 Å². The van der Waals surface area contributed by atoms with Gasteiger partial charge in [0.1, 0.15) is 10.7 Å². The fourth-order valence-corrected chi connectivity index (χ4v) is 8.14. The number of nitrogens with one attached hydrogen (secondary N) is 3. The Morgan fingerprint density at radius 3 is 2.35 bits per heavy atom. The second kappa shape index (κ2) is 17.2. The Morgan fingerprint density at radius 1 is 0.885 bits per heavy atom. The molecule has 1 atom stereocenters. The fourth-order valence-electron chi connectivity index (χ4n) is 6.05. The normalized spacial score (nSPS) is 13.8. The van der Waals surface area contributed by atoms with Crippen LogP contribution in [0.5, 0.6) is 0 Å². The molecule has 1 heterocycles. The molecule has 4 aromatic carbocycles. The first-order valence-corrected chi connectivity index (χ1v) is 18.9. The summed E-state index contributed by atoms with van der Waals surface area (Å²) >= 11 is 2.76. The van der Waals surface area contributed by atoms with Crippen LogP contribution in [0.4, 0.5) is 10.7 Å². The van der Waals surface area contributed by atoms with Crippen LogP contribution in [0.1, 0.15) is 67.1 Å². The molecule has 0 bridgehead atoms. The van der Waals surface area contributed by atoms with Crippen LogP contribution in [-0.4, -0.2) is 36.1 Å². The summed E-state index contributed by atoms with van der Waals surface area (Å²) in [6.07, 6.45) is 4.09. The van der Waals surface area contributed by atoms with Crippen LogP contribution in [0.3, 0.4) is 0 Å². The number of esters is 1. The van der Waals surface area contributed by atoms with Gasteiger partial charge in [-0.2, -0.15) is 0 Å². The van der Waals surface area contributed by atoms with E-state index >= 15 is 0 Å². The number of thioether (sulfide) groups is 1. The highest BCUT2D eigenvalue weighted by atomic mass is 32.2. The van der Waals surface area contributed by atoms with Crippen LogP contribution >= 0.6 is 23.1 Å². The maximum Gasteiger partial charge on any atom is 0.341 e. The number of hydrogen-bond donors (Lipinski definition) is 3. The Kier molecular flexibility index (Phi) is 12.0. The van der Waals surface area contributed by atoms with Gasteiger partial charge in [-0.1, -0.05) is 84.4 Å². The minimum Gasteiger partial charge on any atom is -0.462 e. The molecular weight excluding hydrogens is 691 g/mol. The molecule has 0 saturated heterocycles. The Balaban J connectivity index is 1.13. The molecule has 0 fully saturated rings. The van der Waals surface area contributed by atoms with E-state index in [1.54, 1.807) is 55.5 Å². The summed E-state index contributed by atoms with van der Waals surface area (Å²) in [5, 5.41) is 9.17. The second-order valence-corrected chi connectivity index (χ2v) is 14.5. The van der Waals surface area contributed by atoms with Gasteiger partial charge in [-0.25, -0.2) is 4.79 Å². The van der Waals surface area contributed by atoms with E-state index in [0.29, 0.717) is 27.7 Å². The number of rotatable bonds is 12. The molecule has 0 radical (unpaired) electrons. The van der Waals surface area contributed by atoms with E-state index in [4.69, 9.17) is 4.74 Å². The van der Waals surface area contributed by atoms with Crippen molar-refractivity contribution in [2.45, 2.75) is 43.9 Å². The molecule has 264 valence electrons. The number of carbonyl (C=O) groups excluding carboxylic acids is 4. The SMILES string of the molecule is CCOC(=O)c1c(NC(=O)CSc2cccc(NC(=O)/C(=C/c3ccc(C)cc3)NC(=O)c3ccccc3)c2)sc2c1CCC(c1ccccc1)C2. The first kappa shape index (κ1) is 36.3. The lowest BCUT2D eigenvalue weighted by molar-refractivity contribution is -0.114. The van der Waals surface area contributed by atoms with Crippen LogP contribution < -0.4 is 16.0 Å². The number of aryl methyl sites for hydroxylation is 1. The first-order valence-electron chi connectivity index (χ1n) is 17.1. The standard InChI is InChI=1S/C42H39N3O5S2/c1-3-50-42(49)38-34-22-21-31(29-11-6-4-7-12-29)24-36(34)52-41(38)45-37(46)26-51-33-16-10-15-32(25-33)43-40(48)35(23-28-19-17-27(2)18-20-28)44-39(47)30-13-8-5-9-14-30/h4-20,23,25,31H,3,21-22,24,26H2,1-2H3,(H,43,48)(H,44,47)(H,45,46)/b35-23-. The monoisotopic (exact) mass is 729 g/mol. The zero-order chi connectivity index (χ0) is 36.5. The molecule has 0 spiro atoms. The van der Waals surface area contributed by atoms with Gasteiger partial charge in [0.05, 0.1) is 17.9 Å². The molecule has 10 heteroatoms. The predicted molar refractivity (Wildman–Crippen MR) is 209 cm³/mol. The van der Waals surface area contributed by atoms with Gasteiger partial charge in [-0.05, 0) is 92.1 Å². The number of ether oxygens (including phenoxy) is 1. The number of benzene rings is 4. The number of hydrogen-bond acceptors (Lipinski definition) is 7. The number of thiophene rings is 1. The summed E-state index contributed by atoms with van der Waals surface area (Å²) in [7, 11) is 0. The summed E-state index contributed by atoms with van der Waals surface area (Å²) in [5.41, 5.74) is 5.55. The van der Waals surface area contributed by atoms with Gasteiger partial charge in [-0.15, -0.1) is 23.1 Å². The van der Waals surface area contributed by atoms with Gasteiger partial charge in [0.25, 0.3) is 11.8 Å². The lowest BCUT2D eigenvalue weighted by Gasteiger charge is -2.23. The topological polar surface area (TPSA) is 114 Å². The van der Waals surface area contributed by atoms with Crippen molar-refractivity contribution in [3.63, 3.8) is 0 Å². The maximum absolute atomic E-state index is 13.5. The summed E-state index contributed by atoms with van der Waals surface area (Å²) in [6.45, 7) is 3.99. The Labute approximate surface area is 311 Å². The average Bonchev–Trinajstić information content (AvgIpc) is 3.52. The molecule has 6 rings (SSSR count). The van der Waals surface area contributed by atoms with E-state index in [1.807, 2.05) is 61.5 Å². The van der Waals surface area contributed by atoms with E-state index in [2.05, 4.69) is 28.1 Å². The van der Waals surface area contributed by atoms with Crippen LogP contribution in [0.25, 0.3) is 6.08 Å². The highest BCUT2D eigenvalue weighted by Gasteiger charge is 2.31. The average molecular weight is 730 g/mol.